The Morgan fingerprint density at radius 1 is 0.771 bits per heavy atom. The van der Waals surface area contributed by atoms with Gasteiger partial charge in [-0.05, 0) is 30.5 Å². The second-order valence-corrected chi connectivity index (χ2v) is 11.7. The Labute approximate surface area is 214 Å². The van der Waals surface area contributed by atoms with Gasteiger partial charge < -0.3 is 15.0 Å². The molecule has 0 amide bonds. The first-order chi connectivity index (χ1) is 17.2. The van der Waals surface area contributed by atoms with Gasteiger partial charge in [0.15, 0.2) is 5.54 Å². The zero-order valence-electron chi connectivity index (χ0n) is 22.5. The first-order valence-corrected chi connectivity index (χ1v) is 15.0. The fraction of sp³-hybridized carbons (Fsp3) is 0.774. The van der Waals surface area contributed by atoms with E-state index in [1.807, 2.05) is 4.70 Å². The molecule has 4 rings (SSSR count). The third-order valence-corrected chi connectivity index (χ3v) is 8.91. The topological polar surface area (TPSA) is 37.5 Å². The van der Waals surface area contributed by atoms with Crippen LogP contribution in [0.25, 0.3) is 5.53 Å². The maximum absolute atomic E-state index is 11.6. The normalized spacial score (nSPS) is 26.1. The molecule has 194 valence electrons. The summed E-state index contributed by atoms with van der Waals surface area (Å²) in [5.74, 6) is 0.983. The van der Waals surface area contributed by atoms with Gasteiger partial charge in [0.2, 0.25) is 11.8 Å². The van der Waals surface area contributed by atoms with Gasteiger partial charge >= 0.3 is 0 Å². The number of benzene rings is 1. The van der Waals surface area contributed by atoms with E-state index in [4.69, 9.17) is 4.74 Å². The number of rotatable bonds is 14. The predicted molar refractivity (Wildman–Crippen MR) is 145 cm³/mol. The van der Waals surface area contributed by atoms with Gasteiger partial charge in [0.25, 0.3) is 0 Å². The lowest BCUT2D eigenvalue weighted by Crippen LogP contribution is -2.62. The molecule has 1 saturated heterocycles. The first kappa shape index (κ1) is 26.4. The number of unbranched alkanes of at least 4 members (excludes halogenated alkanes) is 9. The van der Waals surface area contributed by atoms with Crippen molar-refractivity contribution in [1.29, 1.82) is 0 Å². The summed E-state index contributed by atoms with van der Waals surface area (Å²) >= 11 is 0. The zero-order chi connectivity index (χ0) is 24.4. The number of fused-ring (bicyclic) bond motifs is 1. The highest BCUT2D eigenvalue weighted by Gasteiger charge is 2.55. The predicted octanol–water partition coefficient (Wildman–Crippen LogP) is 7.90. The first-order valence-electron chi connectivity index (χ1n) is 15.0. The molecule has 3 bridgehead atoms. The van der Waals surface area contributed by atoms with E-state index in [1.165, 1.54) is 76.2 Å². The third-order valence-electron chi connectivity index (χ3n) is 8.91. The van der Waals surface area contributed by atoms with Crippen LogP contribution >= 0.6 is 0 Å². The van der Waals surface area contributed by atoms with E-state index >= 15 is 0 Å². The third kappa shape index (κ3) is 6.95. The van der Waals surface area contributed by atoms with Crippen LogP contribution in [0.5, 0.6) is 5.75 Å². The average molecular weight is 481 g/mol. The minimum atomic E-state index is -0.144. The summed E-state index contributed by atoms with van der Waals surface area (Å²) in [7, 11) is 0. The van der Waals surface area contributed by atoms with E-state index in [2.05, 4.69) is 42.0 Å². The highest BCUT2D eigenvalue weighted by Crippen LogP contribution is 2.43. The Kier molecular flexibility index (Phi) is 9.80. The summed E-state index contributed by atoms with van der Waals surface area (Å²) in [5, 5.41) is 0. The van der Waals surface area contributed by atoms with Crippen LogP contribution in [0.4, 0.5) is 0 Å². The van der Waals surface area contributed by atoms with Crippen LogP contribution in [-0.4, -0.2) is 46.3 Å². The van der Waals surface area contributed by atoms with Gasteiger partial charge in [0.05, 0.1) is 6.61 Å². The van der Waals surface area contributed by atoms with Crippen LogP contribution < -0.4 is 4.74 Å². The Morgan fingerprint density at radius 2 is 1.37 bits per heavy atom. The van der Waals surface area contributed by atoms with Gasteiger partial charge in [-0.2, -0.15) is 0 Å². The fourth-order valence-corrected chi connectivity index (χ4v) is 6.95. The Hall–Kier alpha value is -1.71. The lowest BCUT2D eigenvalue weighted by atomic mass is 9.71. The number of nitrogens with zero attached hydrogens (tertiary/aromatic N) is 3. The maximum atomic E-state index is 11.6. The van der Waals surface area contributed by atoms with Crippen molar-refractivity contribution in [1.82, 2.24) is 0 Å². The molecule has 0 aromatic heterocycles. The average Bonchev–Trinajstić information content (AvgIpc) is 2.87. The minimum Gasteiger partial charge on any atom is -0.505 e. The van der Waals surface area contributed by atoms with E-state index in [9.17, 15) is 5.53 Å². The molecule has 2 unspecified atom stereocenters. The van der Waals surface area contributed by atoms with Crippen molar-refractivity contribution >= 4 is 6.21 Å². The fourth-order valence-electron chi connectivity index (χ4n) is 6.95. The highest BCUT2D eigenvalue weighted by molar-refractivity contribution is 5.64. The summed E-state index contributed by atoms with van der Waals surface area (Å²) in [6.07, 6.45) is 24.7. The van der Waals surface area contributed by atoms with Gasteiger partial charge in [0.1, 0.15) is 18.8 Å². The summed E-state index contributed by atoms with van der Waals surface area (Å²) in [5.41, 5.74) is 12.6. The summed E-state index contributed by atoms with van der Waals surface area (Å²) in [6, 6.07) is 8.74. The Bertz CT molecular complexity index is 832. The standard InChI is InChI=1S/C31H50N3O/c1-2-3-4-5-6-7-8-9-10-11-25-35-29-17-15-28(16-18-29)26-30-19-12-20-31(34(30)32)22-14-24-33(27-31)23-13-21-30/h15-18,27H,2-14,19-26H2,1H3/q+1. The second-order valence-electron chi connectivity index (χ2n) is 11.7. The van der Waals surface area contributed by atoms with Crippen molar-refractivity contribution < 1.29 is 14.0 Å². The van der Waals surface area contributed by atoms with E-state index in [0.29, 0.717) is 0 Å². The Morgan fingerprint density at radius 3 is 2.09 bits per heavy atom. The smallest absolute Gasteiger partial charge is 0.228 e. The lowest BCUT2D eigenvalue weighted by molar-refractivity contribution is -0.706. The van der Waals surface area contributed by atoms with Crippen LogP contribution in [0.2, 0.25) is 0 Å². The van der Waals surface area contributed by atoms with Crippen molar-refractivity contribution in [2.24, 2.45) is 0 Å². The van der Waals surface area contributed by atoms with E-state index in [0.717, 1.165) is 70.4 Å². The second kappa shape index (κ2) is 13.0. The van der Waals surface area contributed by atoms with E-state index in [1.54, 1.807) is 0 Å². The molecule has 3 heterocycles. The molecule has 0 saturated carbocycles. The van der Waals surface area contributed by atoms with E-state index in [-0.39, 0.29) is 11.1 Å². The van der Waals surface area contributed by atoms with Crippen molar-refractivity contribution in [3.63, 3.8) is 0 Å². The van der Waals surface area contributed by atoms with Gasteiger partial charge in [-0.1, -0.05) is 76.8 Å². The van der Waals surface area contributed by atoms with Crippen LogP contribution in [0.3, 0.4) is 0 Å². The monoisotopic (exact) mass is 480 g/mol. The molecular formula is C31H50N3O+. The molecule has 3 aliphatic rings. The van der Waals surface area contributed by atoms with Crippen molar-refractivity contribution in [2.75, 3.05) is 19.7 Å². The minimum absolute atomic E-state index is 0.128. The quantitative estimate of drug-likeness (QED) is 0.197. The van der Waals surface area contributed by atoms with Gasteiger partial charge in [0, 0.05) is 44.9 Å². The summed E-state index contributed by atoms with van der Waals surface area (Å²) in [4.78, 5) is 0. The summed E-state index contributed by atoms with van der Waals surface area (Å²) < 4.78 is 10.3. The highest BCUT2D eigenvalue weighted by atomic mass is 16.5. The number of hydrogen-bond donors (Lipinski definition) is 0. The van der Waals surface area contributed by atoms with Gasteiger partial charge in [-0.15, -0.1) is 0 Å². The van der Waals surface area contributed by atoms with Crippen molar-refractivity contribution in [3.8, 4) is 5.75 Å². The van der Waals surface area contributed by atoms with Gasteiger partial charge in [-0.25, -0.2) is 4.58 Å². The Balaban J connectivity index is 1.20. The SMILES string of the molecule is CCCCCCCCCCCCOc1ccc(CC23CCC[N+]4=CC(CCC4)(CCC2)[N+]3=[N-])cc1. The van der Waals surface area contributed by atoms with Crippen molar-refractivity contribution in [3.05, 3.63) is 35.4 Å². The van der Waals surface area contributed by atoms with Crippen molar-refractivity contribution in [2.45, 2.75) is 134 Å². The van der Waals surface area contributed by atoms with Crippen LogP contribution in [0.1, 0.15) is 122 Å². The molecule has 2 atom stereocenters. The molecular weight excluding hydrogens is 430 g/mol. The molecule has 1 aromatic carbocycles. The molecule has 1 aromatic rings. The molecule has 35 heavy (non-hydrogen) atoms. The van der Waals surface area contributed by atoms with Crippen LogP contribution in [-0.2, 0) is 6.42 Å². The molecule has 1 fully saturated rings. The number of ether oxygens (including phenoxy) is 1. The molecule has 3 aliphatic heterocycles. The molecule has 0 aliphatic carbocycles. The number of hydrogen-bond acceptors (Lipinski definition) is 1. The number of piperidine rings is 1. The molecule has 4 heteroatoms. The van der Waals surface area contributed by atoms with Crippen LogP contribution in [0.15, 0.2) is 24.3 Å². The lowest BCUT2D eigenvalue weighted by Gasteiger charge is -2.47. The summed E-state index contributed by atoms with van der Waals surface area (Å²) in [6.45, 7) is 5.40. The molecule has 0 N–H and O–H groups in total. The molecule has 0 radical (unpaired) electrons. The van der Waals surface area contributed by atoms with E-state index < -0.39 is 0 Å². The van der Waals surface area contributed by atoms with Crippen LogP contribution in [0, 0.1) is 0 Å². The zero-order valence-corrected chi connectivity index (χ0v) is 22.5. The molecule has 1 spiro atoms. The van der Waals surface area contributed by atoms with Gasteiger partial charge in [-0.3, -0.25) is 0 Å². The molecule has 4 nitrogen and oxygen atoms in total. The largest absolute Gasteiger partial charge is 0.505 e. The maximum Gasteiger partial charge on any atom is 0.228 e.